The predicted molar refractivity (Wildman–Crippen MR) is 122 cm³/mol. The van der Waals surface area contributed by atoms with Gasteiger partial charge in [0.2, 0.25) is 6.41 Å². The second-order valence-corrected chi connectivity index (χ2v) is 9.00. The number of piperidine rings is 1. The van der Waals surface area contributed by atoms with Crippen LogP contribution in [-0.2, 0) is 17.6 Å². The van der Waals surface area contributed by atoms with Crippen molar-refractivity contribution in [3.8, 4) is 0 Å². The largest absolute Gasteiger partial charge is 0.356 e. The molecule has 2 heterocycles. The number of pyridine rings is 1. The summed E-state index contributed by atoms with van der Waals surface area (Å²) in [7, 11) is 0. The Morgan fingerprint density at radius 2 is 1.97 bits per heavy atom. The fraction of sp³-hybridized carbons (Fsp3) is 0.409. The van der Waals surface area contributed by atoms with Crippen molar-refractivity contribution in [3.05, 3.63) is 72.0 Å². The second kappa shape index (κ2) is 9.34. The minimum absolute atomic E-state index is 0.0942. The highest BCUT2D eigenvalue weighted by molar-refractivity contribution is 9.10. The molecule has 164 valence electrons. The van der Waals surface area contributed by atoms with Crippen LogP contribution in [0.1, 0.15) is 42.1 Å². The highest BCUT2D eigenvalue weighted by Gasteiger charge is 2.29. The van der Waals surface area contributed by atoms with E-state index in [4.69, 9.17) is 21.3 Å². The summed E-state index contributed by atoms with van der Waals surface area (Å²) >= 11 is 9.74. The van der Waals surface area contributed by atoms with Crippen molar-refractivity contribution in [1.82, 2.24) is 9.88 Å². The van der Waals surface area contributed by atoms with Gasteiger partial charge in [-0.25, -0.2) is 0 Å². The zero-order valence-electron chi connectivity index (χ0n) is 17.1. The van der Waals surface area contributed by atoms with Gasteiger partial charge < -0.3 is 9.84 Å². The smallest absolute Gasteiger partial charge is 0.288 e. The molecule has 1 N–H and O–H groups in total. The first-order valence-corrected chi connectivity index (χ1v) is 11.4. The number of aliphatic hydroxyl groups excluding tert-OH is 1. The molecule has 1 aliphatic carbocycles. The molecular weight excluding hydrogens is 486 g/mol. The lowest BCUT2D eigenvalue weighted by molar-refractivity contribution is -0.384. The first-order valence-electron chi connectivity index (χ1n) is 10.3. The maximum absolute atomic E-state index is 11.6. The van der Waals surface area contributed by atoms with Crippen molar-refractivity contribution in [2.75, 3.05) is 19.7 Å². The number of likely N-dealkylation sites (tertiary alicyclic amines) is 1. The highest BCUT2D eigenvalue weighted by atomic mass is 79.9. The Balaban J connectivity index is 1.84. The van der Waals surface area contributed by atoms with Crippen molar-refractivity contribution >= 4 is 38.8 Å². The quantitative estimate of drug-likeness (QED) is 0.365. The Kier molecular flexibility index (Phi) is 6.74. The van der Waals surface area contributed by atoms with Crippen molar-refractivity contribution in [1.29, 1.82) is 0 Å². The van der Waals surface area contributed by atoms with Gasteiger partial charge in [-0.15, -0.1) is 0 Å². The van der Waals surface area contributed by atoms with Crippen LogP contribution in [0.2, 0.25) is 5.02 Å². The molecule has 4 rings (SSSR count). The van der Waals surface area contributed by atoms with Gasteiger partial charge in [-0.2, -0.15) is 0 Å². The van der Waals surface area contributed by atoms with Crippen LogP contribution in [0.3, 0.4) is 0 Å². The monoisotopic (exact) mass is 507 g/mol. The normalized spacial score (nSPS) is 17.7. The molecule has 0 saturated carbocycles. The Bertz CT molecular complexity index is 1050. The summed E-state index contributed by atoms with van der Waals surface area (Å²) in [5.41, 5.74) is 5.83. The van der Waals surface area contributed by atoms with E-state index in [1.165, 1.54) is 5.57 Å². The molecule has 0 spiro atoms. The summed E-state index contributed by atoms with van der Waals surface area (Å²) < 4.78 is 6.22. The Morgan fingerprint density at radius 1 is 1.26 bits per heavy atom. The molecule has 1 aliphatic heterocycles. The Morgan fingerprint density at radius 3 is 2.65 bits per heavy atom. The van der Waals surface area contributed by atoms with Crippen molar-refractivity contribution in [2.24, 2.45) is 0 Å². The molecule has 1 unspecified atom stereocenters. The first kappa shape index (κ1) is 22.4. The first-order chi connectivity index (χ1) is 14.9. The summed E-state index contributed by atoms with van der Waals surface area (Å²) in [5.74, 6) is 0. The lowest BCUT2D eigenvalue weighted by Gasteiger charge is -2.33. The summed E-state index contributed by atoms with van der Waals surface area (Å²) in [6.45, 7) is 3.56. The lowest BCUT2D eigenvalue weighted by Crippen LogP contribution is -2.41. The summed E-state index contributed by atoms with van der Waals surface area (Å²) in [6.07, 6.45) is 3.78. The number of rotatable bonds is 4. The van der Waals surface area contributed by atoms with E-state index in [1.54, 1.807) is 18.3 Å². The lowest BCUT2D eigenvalue weighted by atomic mass is 9.88. The van der Waals surface area contributed by atoms with Gasteiger partial charge in [-0.05, 0) is 77.4 Å². The van der Waals surface area contributed by atoms with Crippen LogP contribution >= 0.6 is 27.5 Å². The second-order valence-electron chi connectivity index (χ2n) is 7.68. The fourth-order valence-electron chi connectivity index (χ4n) is 4.35. The van der Waals surface area contributed by atoms with E-state index in [9.17, 15) is 15.2 Å². The molecule has 7 nitrogen and oxygen atoms in total. The van der Waals surface area contributed by atoms with Crippen molar-refractivity contribution in [3.63, 3.8) is 0 Å². The summed E-state index contributed by atoms with van der Waals surface area (Å²) in [5, 5.41) is 21.9. The number of fused-ring (bicyclic) bond motifs is 2. The van der Waals surface area contributed by atoms with Gasteiger partial charge in [0.25, 0.3) is 5.69 Å². The number of ether oxygens (including phenoxy) is 1. The third-order valence-electron chi connectivity index (χ3n) is 5.86. The third-order valence-corrected chi connectivity index (χ3v) is 6.59. The van der Waals surface area contributed by atoms with E-state index in [0.717, 1.165) is 45.3 Å². The number of nitro benzene ring substituents is 1. The SMILES string of the molecule is CCOC(O)N1CCC(=C2c3cc([N+](=O)[O-])c(Cl)cc3CCc3cc(Br)cnc32)CC1. The average molecular weight is 509 g/mol. The van der Waals surface area contributed by atoms with Gasteiger partial charge in [-0.3, -0.25) is 20.0 Å². The van der Waals surface area contributed by atoms with E-state index in [1.807, 2.05) is 11.8 Å². The third kappa shape index (κ3) is 4.54. The van der Waals surface area contributed by atoms with E-state index < -0.39 is 11.3 Å². The van der Waals surface area contributed by atoms with Gasteiger partial charge in [0.15, 0.2) is 0 Å². The molecule has 1 atom stereocenters. The zero-order valence-corrected chi connectivity index (χ0v) is 19.4. The Labute approximate surface area is 194 Å². The molecule has 1 aromatic carbocycles. The molecule has 0 amide bonds. The van der Waals surface area contributed by atoms with Gasteiger partial charge in [0.1, 0.15) is 5.02 Å². The van der Waals surface area contributed by atoms with Gasteiger partial charge >= 0.3 is 0 Å². The number of hydrogen-bond acceptors (Lipinski definition) is 6. The van der Waals surface area contributed by atoms with E-state index in [-0.39, 0.29) is 10.7 Å². The molecule has 1 fully saturated rings. The van der Waals surface area contributed by atoms with E-state index in [2.05, 4.69) is 22.0 Å². The number of nitro groups is 1. The number of halogens is 2. The molecule has 1 aromatic heterocycles. The maximum atomic E-state index is 11.6. The minimum Gasteiger partial charge on any atom is -0.356 e. The van der Waals surface area contributed by atoms with Gasteiger partial charge in [0.05, 0.1) is 10.6 Å². The van der Waals surface area contributed by atoms with Gasteiger partial charge in [-0.1, -0.05) is 17.2 Å². The zero-order chi connectivity index (χ0) is 22.1. The summed E-state index contributed by atoms with van der Waals surface area (Å²) in [6, 6.07) is 5.39. The van der Waals surface area contributed by atoms with Crippen molar-refractivity contribution < 1.29 is 14.8 Å². The summed E-state index contributed by atoms with van der Waals surface area (Å²) in [4.78, 5) is 17.8. The molecule has 31 heavy (non-hydrogen) atoms. The van der Waals surface area contributed by atoms with Crippen molar-refractivity contribution in [2.45, 2.75) is 39.0 Å². The number of benzene rings is 1. The van der Waals surface area contributed by atoms with Crippen LogP contribution in [0.4, 0.5) is 5.69 Å². The fourth-order valence-corrected chi connectivity index (χ4v) is 4.99. The maximum Gasteiger partial charge on any atom is 0.288 e. The van der Waals surface area contributed by atoms with Crippen LogP contribution in [0.5, 0.6) is 0 Å². The topological polar surface area (TPSA) is 88.7 Å². The molecular formula is C22H23BrClN3O4. The standard InChI is InChI=1S/C22H23BrClN3O4/c1-2-31-22(28)26-7-5-13(6-8-26)20-17-11-19(27(29)30)18(24)10-14(17)3-4-15-9-16(23)12-25-21(15)20/h9-12,22,28H,2-8H2,1H3. The highest BCUT2D eigenvalue weighted by Crippen LogP contribution is 2.41. The number of aliphatic hydroxyl groups is 1. The van der Waals surface area contributed by atoms with Crippen LogP contribution in [0, 0.1) is 10.1 Å². The molecule has 1 saturated heterocycles. The number of aromatic nitrogens is 1. The molecule has 2 aromatic rings. The average Bonchev–Trinajstić information content (AvgIpc) is 2.89. The predicted octanol–water partition coefficient (Wildman–Crippen LogP) is 4.71. The number of hydrogen-bond donors (Lipinski definition) is 1. The van der Waals surface area contributed by atoms with Crippen LogP contribution in [-0.4, -0.2) is 46.0 Å². The molecule has 0 radical (unpaired) electrons. The number of aryl methyl sites for hydroxylation is 2. The van der Waals surface area contributed by atoms with Gasteiger partial charge in [0, 0.05) is 42.0 Å². The Hall–Kier alpha value is -1.84. The van der Waals surface area contributed by atoms with Crippen LogP contribution in [0.25, 0.3) is 5.57 Å². The molecule has 9 heteroatoms. The molecule has 2 aliphatic rings. The minimum atomic E-state index is -0.917. The van der Waals surface area contributed by atoms with E-state index >= 15 is 0 Å². The van der Waals surface area contributed by atoms with E-state index in [0.29, 0.717) is 32.5 Å². The van der Waals surface area contributed by atoms with Crippen LogP contribution < -0.4 is 0 Å². The molecule has 0 bridgehead atoms. The number of nitrogens with zero attached hydrogens (tertiary/aromatic N) is 3. The van der Waals surface area contributed by atoms with Crippen LogP contribution in [0.15, 0.2) is 34.4 Å².